The van der Waals surface area contributed by atoms with Gasteiger partial charge in [0.15, 0.2) is 0 Å². The fourth-order valence-corrected chi connectivity index (χ4v) is 3.02. The van der Waals surface area contributed by atoms with Gasteiger partial charge in [-0.15, -0.1) is 0 Å². The molecule has 0 aliphatic heterocycles. The van der Waals surface area contributed by atoms with E-state index in [-0.39, 0.29) is 27.6 Å². The lowest BCUT2D eigenvalue weighted by Crippen LogP contribution is -2.38. The summed E-state index contributed by atoms with van der Waals surface area (Å²) in [7, 11) is -0.0591. The summed E-state index contributed by atoms with van der Waals surface area (Å²) >= 11 is 2.94. The van der Waals surface area contributed by atoms with E-state index in [4.69, 9.17) is 5.73 Å². The van der Waals surface area contributed by atoms with E-state index in [1.807, 2.05) is 25.9 Å². The second kappa shape index (κ2) is 6.17. The van der Waals surface area contributed by atoms with Gasteiger partial charge in [0, 0.05) is 12.6 Å². The maximum absolute atomic E-state index is 13.2. The molecule has 0 saturated heterocycles. The number of likely N-dealkylation sites (N-methyl/N-ethyl adjacent to an activating group) is 1. The molecule has 1 atom stereocenters. The molecule has 0 heterocycles. The molecule has 0 amide bonds. The van der Waals surface area contributed by atoms with Crippen molar-refractivity contribution < 1.29 is 12.8 Å². The number of halogens is 2. The quantitative estimate of drug-likeness (QED) is 0.784. The minimum atomic E-state index is -3.76. The van der Waals surface area contributed by atoms with Crippen LogP contribution in [0.15, 0.2) is 21.5 Å². The summed E-state index contributed by atoms with van der Waals surface area (Å²) in [6.45, 7) is 2.12. The summed E-state index contributed by atoms with van der Waals surface area (Å²) in [6.07, 6.45) is 0. The van der Waals surface area contributed by atoms with Gasteiger partial charge in [0.25, 0.3) is 0 Å². The second-order valence-corrected chi connectivity index (χ2v) is 7.06. The third-order valence-electron chi connectivity index (χ3n) is 2.79. The number of benzene rings is 1. The van der Waals surface area contributed by atoms with Crippen LogP contribution in [-0.4, -0.2) is 40.0 Å². The molecule has 19 heavy (non-hydrogen) atoms. The topological polar surface area (TPSA) is 75.4 Å². The van der Waals surface area contributed by atoms with Crippen LogP contribution < -0.4 is 10.5 Å². The molecule has 0 spiro atoms. The number of rotatable bonds is 5. The highest BCUT2D eigenvalue weighted by Gasteiger charge is 2.20. The van der Waals surface area contributed by atoms with E-state index < -0.39 is 15.8 Å². The molecule has 108 valence electrons. The molecule has 0 bridgehead atoms. The lowest BCUT2D eigenvalue weighted by atomic mass is 10.3. The average Bonchev–Trinajstić information content (AvgIpc) is 2.30. The molecule has 0 aliphatic rings. The van der Waals surface area contributed by atoms with Crippen LogP contribution in [0.3, 0.4) is 0 Å². The average molecular weight is 354 g/mol. The first-order chi connectivity index (χ1) is 8.65. The number of hydrogen-bond donors (Lipinski definition) is 2. The van der Waals surface area contributed by atoms with Crippen molar-refractivity contribution in [3.63, 3.8) is 0 Å². The van der Waals surface area contributed by atoms with E-state index in [0.29, 0.717) is 0 Å². The fourth-order valence-electron chi connectivity index (χ4n) is 1.27. The summed E-state index contributed by atoms with van der Waals surface area (Å²) < 4.78 is 39.9. The summed E-state index contributed by atoms with van der Waals surface area (Å²) in [5.74, 6) is -0.599. The van der Waals surface area contributed by atoms with Gasteiger partial charge in [-0.25, -0.2) is 17.5 Å². The number of hydrogen-bond acceptors (Lipinski definition) is 4. The van der Waals surface area contributed by atoms with E-state index in [1.165, 1.54) is 0 Å². The SMILES string of the molecule is CC(CNS(=O)(=O)c1cc(Br)c(F)cc1N)N(C)C. The summed E-state index contributed by atoms with van der Waals surface area (Å²) in [4.78, 5) is 1.75. The first kappa shape index (κ1) is 16.4. The van der Waals surface area contributed by atoms with Gasteiger partial charge in [-0.3, -0.25) is 0 Å². The molecule has 0 fully saturated rings. The molecule has 3 N–H and O–H groups in total. The molecular weight excluding hydrogens is 337 g/mol. The van der Waals surface area contributed by atoms with Crippen LogP contribution in [0.25, 0.3) is 0 Å². The summed E-state index contributed by atoms with van der Waals surface area (Å²) in [5.41, 5.74) is 5.43. The van der Waals surface area contributed by atoms with Gasteiger partial charge in [-0.1, -0.05) is 0 Å². The number of nitrogens with two attached hydrogens (primary N) is 1. The highest BCUT2D eigenvalue weighted by Crippen LogP contribution is 2.25. The lowest BCUT2D eigenvalue weighted by Gasteiger charge is -2.20. The Labute approximate surface area is 121 Å². The van der Waals surface area contributed by atoms with E-state index in [2.05, 4.69) is 20.7 Å². The zero-order chi connectivity index (χ0) is 14.8. The Morgan fingerprint density at radius 2 is 2.05 bits per heavy atom. The Balaban J connectivity index is 2.98. The standard InChI is InChI=1S/C11H17BrFN3O2S/c1-7(16(2)3)6-15-19(17,18)11-4-8(12)9(13)5-10(11)14/h4-5,7,15H,6,14H2,1-3H3. The molecule has 1 aromatic carbocycles. The number of nitrogen functional groups attached to an aromatic ring is 1. The molecule has 1 rings (SSSR count). The van der Waals surface area contributed by atoms with Crippen LogP contribution in [0.4, 0.5) is 10.1 Å². The molecule has 8 heteroatoms. The Bertz CT molecular complexity index is 563. The van der Waals surface area contributed by atoms with Crippen molar-refractivity contribution in [3.8, 4) is 0 Å². The summed E-state index contributed by atoms with van der Waals surface area (Å²) in [6, 6.07) is 2.17. The molecular formula is C11H17BrFN3O2S. The van der Waals surface area contributed by atoms with Gasteiger partial charge in [-0.2, -0.15) is 0 Å². The normalized spacial score (nSPS) is 13.8. The molecule has 0 aliphatic carbocycles. The van der Waals surface area contributed by atoms with Crippen LogP contribution in [0, 0.1) is 5.82 Å². The number of anilines is 1. The van der Waals surface area contributed by atoms with Gasteiger partial charge in [0.2, 0.25) is 10.0 Å². The molecule has 0 aromatic heterocycles. The third-order valence-corrected chi connectivity index (χ3v) is 4.88. The van der Waals surface area contributed by atoms with Crippen LogP contribution in [0.5, 0.6) is 0 Å². The zero-order valence-electron chi connectivity index (χ0n) is 10.9. The molecule has 1 unspecified atom stereocenters. The van der Waals surface area contributed by atoms with Crippen LogP contribution in [-0.2, 0) is 10.0 Å². The van der Waals surface area contributed by atoms with Crippen molar-refractivity contribution in [3.05, 3.63) is 22.4 Å². The van der Waals surface area contributed by atoms with Gasteiger partial charge in [0.1, 0.15) is 10.7 Å². The van der Waals surface area contributed by atoms with Gasteiger partial charge in [-0.05, 0) is 49.1 Å². The van der Waals surface area contributed by atoms with E-state index in [1.54, 1.807) is 0 Å². The maximum atomic E-state index is 13.2. The first-order valence-corrected chi connectivity index (χ1v) is 7.83. The van der Waals surface area contributed by atoms with Crippen LogP contribution in [0.2, 0.25) is 0 Å². The molecule has 0 radical (unpaired) electrons. The van der Waals surface area contributed by atoms with Crippen molar-refractivity contribution in [2.75, 3.05) is 26.4 Å². The van der Waals surface area contributed by atoms with E-state index in [9.17, 15) is 12.8 Å². The van der Waals surface area contributed by atoms with Gasteiger partial charge < -0.3 is 10.6 Å². The highest BCUT2D eigenvalue weighted by molar-refractivity contribution is 9.10. The monoisotopic (exact) mass is 353 g/mol. The first-order valence-electron chi connectivity index (χ1n) is 5.55. The Kier molecular flexibility index (Phi) is 5.31. The van der Waals surface area contributed by atoms with Gasteiger partial charge >= 0.3 is 0 Å². The largest absolute Gasteiger partial charge is 0.398 e. The predicted molar refractivity (Wildman–Crippen MR) is 76.8 cm³/mol. The fraction of sp³-hybridized carbons (Fsp3) is 0.455. The maximum Gasteiger partial charge on any atom is 0.242 e. The number of sulfonamides is 1. The molecule has 0 saturated carbocycles. The third kappa shape index (κ3) is 4.13. The van der Waals surface area contributed by atoms with Crippen molar-refractivity contribution in [2.24, 2.45) is 0 Å². The van der Waals surface area contributed by atoms with Crippen LogP contribution in [0.1, 0.15) is 6.92 Å². The Hall–Kier alpha value is -0.700. The molecule has 5 nitrogen and oxygen atoms in total. The van der Waals surface area contributed by atoms with Crippen molar-refractivity contribution >= 4 is 31.6 Å². The number of nitrogens with zero attached hydrogens (tertiary/aromatic N) is 1. The lowest BCUT2D eigenvalue weighted by molar-refractivity contribution is 0.314. The predicted octanol–water partition coefficient (Wildman–Crippen LogP) is 1.40. The van der Waals surface area contributed by atoms with E-state index in [0.717, 1.165) is 12.1 Å². The number of nitrogens with one attached hydrogen (secondary N) is 1. The zero-order valence-corrected chi connectivity index (χ0v) is 13.3. The Morgan fingerprint density at radius 3 is 2.58 bits per heavy atom. The van der Waals surface area contributed by atoms with Crippen molar-refractivity contribution in [2.45, 2.75) is 17.9 Å². The Morgan fingerprint density at radius 1 is 1.47 bits per heavy atom. The van der Waals surface area contributed by atoms with Crippen molar-refractivity contribution in [1.29, 1.82) is 0 Å². The van der Waals surface area contributed by atoms with Gasteiger partial charge in [0.05, 0.1) is 10.2 Å². The second-order valence-electron chi connectivity index (χ2n) is 4.47. The minimum absolute atomic E-state index is 0.0277. The smallest absolute Gasteiger partial charge is 0.242 e. The minimum Gasteiger partial charge on any atom is -0.398 e. The van der Waals surface area contributed by atoms with E-state index >= 15 is 0 Å². The van der Waals surface area contributed by atoms with Crippen molar-refractivity contribution in [1.82, 2.24) is 9.62 Å². The van der Waals surface area contributed by atoms with Crippen LogP contribution >= 0.6 is 15.9 Å². The highest BCUT2D eigenvalue weighted by atomic mass is 79.9. The summed E-state index contributed by atoms with van der Waals surface area (Å²) in [5, 5.41) is 0. The molecule has 1 aromatic rings.